The Balaban J connectivity index is 1.41. The number of amides is 1. The number of aromatic nitrogens is 3. The van der Waals surface area contributed by atoms with Crippen LogP contribution in [-0.4, -0.2) is 38.8 Å². The van der Waals surface area contributed by atoms with E-state index in [1.165, 1.54) is 5.39 Å². The molecule has 1 N–H and O–H groups in total. The molecule has 23 heavy (non-hydrogen) atoms. The molecular weight excluding hydrogens is 288 g/mol. The number of hydrogen-bond acceptors (Lipinski definition) is 3. The van der Waals surface area contributed by atoms with Gasteiger partial charge in [0, 0.05) is 42.8 Å². The summed E-state index contributed by atoms with van der Waals surface area (Å²) in [5.74, 6) is 0.540. The van der Waals surface area contributed by atoms with Gasteiger partial charge < -0.3 is 9.88 Å². The summed E-state index contributed by atoms with van der Waals surface area (Å²) in [7, 11) is 0. The summed E-state index contributed by atoms with van der Waals surface area (Å²) in [6.45, 7) is 3.49. The summed E-state index contributed by atoms with van der Waals surface area (Å²) in [6.07, 6.45) is 6.35. The van der Waals surface area contributed by atoms with Gasteiger partial charge in [-0.1, -0.05) is 0 Å². The number of nitrogens with one attached hydrogen (secondary N) is 1. The summed E-state index contributed by atoms with van der Waals surface area (Å²) in [6, 6.07) is 7.79. The van der Waals surface area contributed by atoms with Crippen LogP contribution in [0.25, 0.3) is 10.9 Å². The molecule has 4 rings (SSSR count). The van der Waals surface area contributed by atoms with Crippen molar-refractivity contribution in [2.24, 2.45) is 5.92 Å². The zero-order chi connectivity index (χ0) is 15.8. The van der Waals surface area contributed by atoms with Crippen molar-refractivity contribution < 1.29 is 4.79 Å². The van der Waals surface area contributed by atoms with Gasteiger partial charge in [-0.25, -0.2) is 0 Å². The molecule has 0 radical (unpaired) electrons. The van der Waals surface area contributed by atoms with Crippen molar-refractivity contribution in [2.45, 2.75) is 13.3 Å². The molecule has 0 aliphatic carbocycles. The second-order valence-electron chi connectivity index (χ2n) is 6.17. The molecule has 0 aromatic carbocycles. The highest BCUT2D eigenvalue weighted by molar-refractivity contribution is 5.94. The van der Waals surface area contributed by atoms with Crippen molar-refractivity contribution in [1.29, 1.82) is 0 Å². The summed E-state index contributed by atoms with van der Waals surface area (Å²) in [5, 5.41) is 1.19. The van der Waals surface area contributed by atoms with E-state index in [1.54, 1.807) is 6.20 Å². The van der Waals surface area contributed by atoms with Crippen molar-refractivity contribution >= 4 is 16.8 Å². The normalized spacial score (nSPS) is 14.9. The SMILES string of the molecule is Cc1ccc(C(=O)N2CC(Cc3nccc4cc[nH]c34)C2)cn1. The largest absolute Gasteiger partial charge is 0.360 e. The average Bonchev–Trinajstić information content (AvgIpc) is 3.00. The maximum atomic E-state index is 12.4. The Kier molecular flexibility index (Phi) is 3.33. The fourth-order valence-electron chi connectivity index (χ4n) is 3.11. The highest BCUT2D eigenvalue weighted by Crippen LogP contribution is 2.24. The fourth-order valence-corrected chi connectivity index (χ4v) is 3.11. The van der Waals surface area contributed by atoms with Crippen molar-refractivity contribution in [3.63, 3.8) is 0 Å². The molecule has 0 unspecified atom stereocenters. The Bertz CT molecular complexity index is 847. The first-order valence-electron chi connectivity index (χ1n) is 7.83. The van der Waals surface area contributed by atoms with Crippen LogP contribution in [0.3, 0.4) is 0 Å². The fraction of sp³-hybridized carbons (Fsp3) is 0.278. The van der Waals surface area contributed by atoms with Crippen LogP contribution in [0.2, 0.25) is 0 Å². The minimum Gasteiger partial charge on any atom is -0.360 e. The lowest BCUT2D eigenvalue weighted by atomic mass is 9.93. The van der Waals surface area contributed by atoms with Gasteiger partial charge in [0.25, 0.3) is 5.91 Å². The second-order valence-corrected chi connectivity index (χ2v) is 6.17. The van der Waals surface area contributed by atoms with Crippen LogP contribution in [-0.2, 0) is 6.42 Å². The van der Waals surface area contributed by atoms with E-state index < -0.39 is 0 Å². The van der Waals surface area contributed by atoms with E-state index in [2.05, 4.69) is 21.0 Å². The molecule has 1 saturated heterocycles. The summed E-state index contributed by atoms with van der Waals surface area (Å²) < 4.78 is 0. The third-order valence-corrected chi connectivity index (χ3v) is 4.44. The van der Waals surface area contributed by atoms with Crippen LogP contribution in [0.5, 0.6) is 0 Å². The Hall–Kier alpha value is -2.69. The molecule has 5 nitrogen and oxygen atoms in total. The van der Waals surface area contributed by atoms with Gasteiger partial charge in [-0.3, -0.25) is 14.8 Å². The minimum absolute atomic E-state index is 0.0693. The number of pyridine rings is 2. The molecule has 0 atom stereocenters. The molecule has 4 heterocycles. The first-order valence-corrected chi connectivity index (χ1v) is 7.83. The molecule has 0 spiro atoms. The van der Waals surface area contributed by atoms with Gasteiger partial charge in [0.05, 0.1) is 16.8 Å². The molecule has 116 valence electrons. The molecule has 1 aliphatic rings. The zero-order valence-corrected chi connectivity index (χ0v) is 13.0. The predicted octanol–water partition coefficient (Wildman–Crippen LogP) is 2.58. The molecule has 1 fully saturated rings. The Morgan fingerprint density at radius 1 is 1.26 bits per heavy atom. The molecule has 1 amide bonds. The predicted molar refractivity (Wildman–Crippen MR) is 88.2 cm³/mol. The molecule has 0 bridgehead atoms. The van der Waals surface area contributed by atoms with Crippen molar-refractivity contribution in [3.05, 3.63) is 59.8 Å². The number of aromatic amines is 1. The number of fused-ring (bicyclic) bond motifs is 1. The number of rotatable bonds is 3. The molecule has 0 saturated carbocycles. The highest BCUT2D eigenvalue weighted by Gasteiger charge is 2.32. The monoisotopic (exact) mass is 306 g/mol. The molecule has 1 aliphatic heterocycles. The third kappa shape index (κ3) is 2.59. The first kappa shape index (κ1) is 13.9. The van der Waals surface area contributed by atoms with Crippen LogP contribution in [0.4, 0.5) is 0 Å². The van der Waals surface area contributed by atoms with Gasteiger partial charge in [0.2, 0.25) is 0 Å². The van der Waals surface area contributed by atoms with Crippen molar-refractivity contribution in [3.8, 4) is 0 Å². The molecule has 3 aromatic rings. The van der Waals surface area contributed by atoms with Crippen LogP contribution < -0.4 is 0 Å². The zero-order valence-electron chi connectivity index (χ0n) is 13.0. The van der Waals surface area contributed by atoms with E-state index >= 15 is 0 Å². The number of aryl methyl sites for hydroxylation is 1. The highest BCUT2D eigenvalue weighted by atomic mass is 16.2. The van der Waals surface area contributed by atoms with E-state index in [0.717, 1.165) is 36.4 Å². The topological polar surface area (TPSA) is 61.9 Å². The number of likely N-dealkylation sites (tertiary alicyclic amines) is 1. The van der Waals surface area contributed by atoms with E-state index in [9.17, 15) is 4.79 Å². The van der Waals surface area contributed by atoms with Crippen molar-refractivity contribution in [2.75, 3.05) is 13.1 Å². The molecule has 3 aromatic heterocycles. The quantitative estimate of drug-likeness (QED) is 0.809. The van der Waals surface area contributed by atoms with Gasteiger partial charge in [-0.05, 0) is 43.5 Å². The van der Waals surface area contributed by atoms with Gasteiger partial charge in [0.15, 0.2) is 0 Å². The lowest BCUT2D eigenvalue weighted by Gasteiger charge is -2.39. The van der Waals surface area contributed by atoms with Gasteiger partial charge in [0.1, 0.15) is 0 Å². The Morgan fingerprint density at radius 2 is 2.13 bits per heavy atom. The van der Waals surface area contributed by atoms with E-state index in [4.69, 9.17) is 0 Å². The number of nitrogens with zero attached hydrogens (tertiary/aromatic N) is 3. The van der Waals surface area contributed by atoms with E-state index in [1.807, 2.05) is 42.4 Å². The first-order chi connectivity index (χ1) is 11.2. The van der Waals surface area contributed by atoms with E-state index in [0.29, 0.717) is 11.5 Å². The lowest BCUT2D eigenvalue weighted by Crippen LogP contribution is -2.50. The maximum absolute atomic E-state index is 12.4. The minimum atomic E-state index is 0.0693. The number of hydrogen-bond donors (Lipinski definition) is 1. The van der Waals surface area contributed by atoms with Crippen molar-refractivity contribution in [1.82, 2.24) is 19.9 Å². The van der Waals surface area contributed by atoms with Crippen LogP contribution in [0.1, 0.15) is 21.7 Å². The maximum Gasteiger partial charge on any atom is 0.255 e. The van der Waals surface area contributed by atoms with Crippen LogP contribution >= 0.6 is 0 Å². The summed E-state index contributed by atoms with van der Waals surface area (Å²) in [4.78, 5) is 26.2. The standard InChI is InChI=1S/C18H18N4O/c1-12-2-3-15(9-21-12)18(23)22-10-13(11-22)8-16-17-14(4-6-19-16)5-7-20-17/h2-7,9,13,20H,8,10-11H2,1H3. The van der Waals surface area contributed by atoms with Gasteiger partial charge in [-0.2, -0.15) is 0 Å². The lowest BCUT2D eigenvalue weighted by molar-refractivity contribution is 0.0499. The molecule has 5 heteroatoms. The van der Waals surface area contributed by atoms with Gasteiger partial charge >= 0.3 is 0 Å². The van der Waals surface area contributed by atoms with Gasteiger partial charge in [-0.15, -0.1) is 0 Å². The second kappa shape index (κ2) is 5.50. The number of carbonyl (C=O) groups is 1. The molecular formula is C18H18N4O. The Morgan fingerprint density at radius 3 is 2.91 bits per heavy atom. The number of H-pyrrole nitrogens is 1. The number of carbonyl (C=O) groups excluding carboxylic acids is 1. The summed E-state index contributed by atoms with van der Waals surface area (Å²) in [5.41, 5.74) is 3.79. The Labute approximate surface area is 134 Å². The smallest absolute Gasteiger partial charge is 0.255 e. The van der Waals surface area contributed by atoms with Crippen LogP contribution in [0.15, 0.2) is 42.9 Å². The summed E-state index contributed by atoms with van der Waals surface area (Å²) >= 11 is 0. The third-order valence-electron chi connectivity index (χ3n) is 4.44. The van der Waals surface area contributed by atoms with Crippen LogP contribution in [0, 0.1) is 12.8 Å². The van der Waals surface area contributed by atoms with E-state index in [-0.39, 0.29) is 5.91 Å². The average molecular weight is 306 g/mol.